The number of ether oxygens (including phenoxy) is 2. The van der Waals surface area contributed by atoms with E-state index in [9.17, 15) is 4.79 Å². The molecule has 1 heterocycles. The van der Waals surface area contributed by atoms with Gasteiger partial charge < -0.3 is 9.47 Å². The molecule has 0 saturated carbocycles. The van der Waals surface area contributed by atoms with Crippen LogP contribution in [0.3, 0.4) is 0 Å². The number of likely N-dealkylation sites (N-methyl/N-ethyl adjacent to an activating group) is 1. The van der Waals surface area contributed by atoms with Crippen LogP contribution in [-0.2, 0) is 4.79 Å². The zero-order valence-electron chi connectivity index (χ0n) is 15.5. The fraction of sp³-hybridized carbons (Fsp3) is 0.238. The summed E-state index contributed by atoms with van der Waals surface area (Å²) in [5, 5.41) is 0. The van der Waals surface area contributed by atoms with E-state index >= 15 is 0 Å². The van der Waals surface area contributed by atoms with Gasteiger partial charge in [-0.05, 0) is 43.2 Å². The summed E-state index contributed by atoms with van der Waals surface area (Å²) < 4.78 is 12.4. The first-order valence-corrected chi connectivity index (χ1v) is 9.92. The molecule has 1 aliphatic rings. The monoisotopic (exact) mass is 399 g/mol. The van der Waals surface area contributed by atoms with Crippen molar-refractivity contribution in [1.82, 2.24) is 4.90 Å². The number of thiocarbonyl (C=S) groups is 1. The number of carbonyl (C=O) groups excluding carboxylic acids is 1. The number of benzene rings is 2. The molecule has 6 heteroatoms. The fourth-order valence-electron chi connectivity index (χ4n) is 2.66. The summed E-state index contributed by atoms with van der Waals surface area (Å²) in [4.78, 5) is 14.3. The van der Waals surface area contributed by atoms with Gasteiger partial charge in [0.15, 0.2) is 11.5 Å². The van der Waals surface area contributed by atoms with Gasteiger partial charge in [0.1, 0.15) is 10.4 Å². The molecule has 0 radical (unpaired) electrons. The first-order chi connectivity index (χ1) is 13.0. The average Bonchev–Trinajstić information content (AvgIpc) is 2.91. The summed E-state index contributed by atoms with van der Waals surface area (Å²) >= 11 is 6.48. The first-order valence-electron chi connectivity index (χ1n) is 8.69. The highest BCUT2D eigenvalue weighted by Gasteiger charge is 2.28. The summed E-state index contributed by atoms with van der Waals surface area (Å²) in [6.07, 6.45) is 1.73. The smallest absolute Gasteiger partial charge is 0.265 e. The van der Waals surface area contributed by atoms with Gasteiger partial charge in [0.2, 0.25) is 0 Å². The Kier molecular flexibility index (Phi) is 6.19. The van der Waals surface area contributed by atoms with E-state index in [1.807, 2.05) is 68.5 Å². The molecule has 0 bridgehead atoms. The van der Waals surface area contributed by atoms with Crippen molar-refractivity contribution >= 4 is 40.3 Å². The molecule has 1 unspecified atom stereocenters. The molecule has 1 saturated heterocycles. The minimum Gasteiger partial charge on any atom is -0.490 e. The molecule has 1 amide bonds. The second-order valence-corrected chi connectivity index (χ2v) is 7.73. The molecule has 27 heavy (non-hydrogen) atoms. The molecule has 4 nitrogen and oxygen atoms in total. The third-order valence-corrected chi connectivity index (χ3v) is 5.61. The van der Waals surface area contributed by atoms with Crippen LogP contribution in [0, 0.1) is 0 Å². The number of hydrogen-bond donors (Lipinski definition) is 0. The summed E-state index contributed by atoms with van der Waals surface area (Å²) in [7, 11) is 1.69. The lowest BCUT2D eigenvalue weighted by molar-refractivity contribution is -0.121. The topological polar surface area (TPSA) is 38.8 Å². The standard InChI is InChI=1S/C21H21NO3S2/c1-4-24-18-12-15(13-19-20(23)22(3)21(26)27-19)10-11-17(18)25-14(2)16-8-6-5-7-9-16/h5-14H,4H2,1-3H3. The highest BCUT2D eigenvalue weighted by Crippen LogP contribution is 2.35. The lowest BCUT2D eigenvalue weighted by Gasteiger charge is -2.18. The molecular weight excluding hydrogens is 378 g/mol. The van der Waals surface area contributed by atoms with Gasteiger partial charge in [-0.25, -0.2) is 0 Å². The second kappa shape index (κ2) is 8.59. The number of hydrogen-bond acceptors (Lipinski definition) is 5. The van der Waals surface area contributed by atoms with E-state index in [1.165, 1.54) is 16.7 Å². The maximum atomic E-state index is 12.2. The van der Waals surface area contributed by atoms with Crippen LogP contribution in [0.2, 0.25) is 0 Å². The Labute approximate surface area is 169 Å². The molecule has 1 aliphatic heterocycles. The zero-order chi connectivity index (χ0) is 19.4. The summed E-state index contributed by atoms with van der Waals surface area (Å²) in [5.74, 6) is 1.25. The molecule has 1 fully saturated rings. The fourth-order valence-corrected chi connectivity index (χ4v) is 3.84. The first kappa shape index (κ1) is 19.5. The maximum Gasteiger partial charge on any atom is 0.265 e. The second-order valence-electron chi connectivity index (χ2n) is 6.05. The van der Waals surface area contributed by atoms with Gasteiger partial charge >= 0.3 is 0 Å². The lowest BCUT2D eigenvalue weighted by Crippen LogP contribution is -2.22. The third-order valence-electron chi connectivity index (χ3n) is 4.12. The molecule has 0 aromatic heterocycles. The number of rotatable bonds is 6. The van der Waals surface area contributed by atoms with Crippen LogP contribution in [0.1, 0.15) is 31.1 Å². The Morgan fingerprint density at radius 1 is 1.19 bits per heavy atom. The molecule has 0 N–H and O–H groups in total. The average molecular weight is 400 g/mol. The van der Waals surface area contributed by atoms with E-state index in [0.717, 1.165) is 11.1 Å². The van der Waals surface area contributed by atoms with Crippen LogP contribution in [-0.4, -0.2) is 28.8 Å². The van der Waals surface area contributed by atoms with Crippen LogP contribution in [0.4, 0.5) is 0 Å². The maximum absolute atomic E-state index is 12.2. The van der Waals surface area contributed by atoms with Gasteiger partial charge in [-0.1, -0.05) is 60.4 Å². The van der Waals surface area contributed by atoms with Crippen molar-refractivity contribution in [2.45, 2.75) is 20.0 Å². The van der Waals surface area contributed by atoms with Crippen molar-refractivity contribution in [2.75, 3.05) is 13.7 Å². The van der Waals surface area contributed by atoms with Crippen molar-refractivity contribution in [3.05, 3.63) is 64.6 Å². The van der Waals surface area contributed by atoms with Crippen LogP contribution in [0.15, 0.2) is 53.4 Å². The minimum absolute atomic E-state index is 0.0824. The van der Waals surface area contributed by atoms with Gasteiger partial charge in [-0.3, -0.25) is 9.69 Å². The quantitative estimate of drug-likeness (QED) is 0.502. The van der Waals surface area contributed by atoms with E-state index in [-0.39, 0.29) is 12.0 Å². The predicted molar refractivity (Wildman–Crippen MR) is 114 cm³/mol. The van der Waals surface area contributed by atoms with Gasteiger partial charge in [0.25, 0.3) is 5.91 Å². The Morgan fingerprint density at radius 3 is 2.56 bits per heavy atom. The van der Waals surface area contributed by atoms with Gasteiger partial charge in [-0.15, -0.1) is 0 Å². The third kappa shape index (κ3) is 4.51. The van der Waals surface area contributed by atoms with Crippen molar-refractivity contribution < 1.29 is 14.3 Å². The minimum atomic E-state index is -0.104. The van der Waals surface area contributed by atoms with E-state index in [0.29, 0.717) is 27.3 Å². The Morgan fingerprint density at radius 2 is 1.93 bits per heavy atom. The Hall–Kier alpha value is -2.31. The van der Waals surface area contributed by atoms with E-state index in [1.54, 1.807) is 7.05 Å². The number of thioether (sulfide) groups is 1. The van der Waals surface area contributed by atoms with Crippen molar-refractivity contribution in [2.24, 2.45) is 0 Å². The van der Waals surface area contributed by atoms with E-state index < -0.39 is 0 Å². The predicted octanol–water partition coefficient (Wildman–Crippen LogP) is 5.06. The van der Waals surface area contributed by atoms with Crippen molar-refractivity contribution in [3.63, 3.8) is 0 Å². The van der Waals surface area contributed by atoms with Crippen molar-refractivity contribution in [1.29, 1.82) is 0 Å². The molecular formula is C21H21NO3S2. The Bertz CT molecular complexity index is 880. The van der Waals surface area contributed by atoms with Crippen LogP contribution in [0.5, 0.6) is 11.5 Å². The highest BCUT2D eigenvalue weighted by molar-refractivity contribution is 8.26. The number of nitrogens with zero attached hydrogens (tertiary/aromatic N) is 1. The summed E-state index contributed by atoms with van der Waals surface area (Å²) in [6.45, 7) is 4.46. The van der Waals surface area contributed by atoms with Gasteiger partial charge in [0, 0.05) is 7.05 Å². The van der Waals surface area contributed by atoms with Gasteiger partial charge in [-0.2, -0.15) is 0 Å². The molecule has 1 atom stereocenters. The molecule has 2 aromatic carbocycles. The molecule has 2 aromatic rings. The van der Waals surface area contributed by atoms with Gasteiger partial charge in [0.05, 0.1) is 11.5 Å². The number of carbonyl (C=O) groups is 1. The SMILES string of the molecule is CCOc1cc(C=C2SC(=S)N(C)C2=O)ccc1OC(C)c1ccccc1. The molecule has 3 rings (SSSR count). The Balaban J connectivity index is 1.85. The molecule has 140 valence electrons. The summed E-state index contributed by atoms with van der Waals surface area (Å²) in [5.41, 5.74) is 1.96. The highest BCUT2D eigenvalue weighted by atomic mass is 32.2. The zero-order valence-corrected chi connectivity index (χ0v) is 17.1. The van der Waals surface area contributed by atoms with Crippen LogP contribution < -0.4 is 9.47 Å². The summed E-state index contributed by atoms with van der Waals surface area (Å²) in [6, 6.07) is 15.7. The molecule has 0 spiro atoms. The van der Waals surface area contributed by atoms with Crippen molar-refractivity contribution in [3.8, 4) is 11.5 Å². The van der Waals surface area contributed by atoms with E-state index in [2.05, 4.69) is 0 Å². The number of amides is 1. The van der Waals surface area contributed by atoms with E-state index in [4.69, 9.17) is 21.7 Å². The normalized spacial score (nSPS) is 16.7. The largest absolute Gasteiger partial charge is 0.490 e. The molecule has 0 aliphatic carbocycles. The van der Waals surface area contributed by atoms with Crippen LogP contribution in [0.25, 0.3) is 6.08 Å². The lowest BCUT2D eigenvalue weighted by atomic mass is 10.1. The van der Waals surface area contributed by atoms with Crippen LogP contribution >= 0.6 is 24.0 Å².